The number of likely N-dealkylation sites (N-methyl/N-ethyl adjacent to an activating group) is 1. The van der Waals surface area contributed by atoms with Crippen molar-refractivity contribution >= 4 is 47.2 Å². The van der Waals surface area contributed by atoms with E-state index in [2.05, 4.69) is 20.6 Å². The van der Waals surface area contributed by atoms with Gasteiger partial charge in [0.1, 0.15) is 13.1 Å². The minimum Gasteiger partial charge on any atom is -0.357 e. The standard InChI is InChI=1S/C14H19F6N5OS.HI/c1-3-21-12(23-6-11(26)25(2)8-13(15,16)17)22-5-4-10-24-9(7-27-10)14(18,19)20;/h7H,3-6,8H2,1-2H3,(H2,21,22,23);1H. The van der Waals surface area contributed by atoms with E-state index in [1.54, 1.807) is 6.92 Å². The van der Waals surface area contributed by atoms with Crippen LogP contribution in [-0.4, -0.2) is 61.2 Å². The number of hydrogen-bond acceptors (Lipinski definition) is 4. The molecule has 0 radical (unpaired) electrons. The first-order valence-electron chi connectivity index (χ1n) is 7.77. The highest BCUT2D eigenvalue weighted by atomic mass is 127. The van der Waals surface area contributed by atoms with Crippen LogP contribution in [0.25, 0.3) is 0 Å². The lowest BCUT2D eigenvalue weighted by atomic mass is 10.4. The molecule has 0 aliphatic carbocycles. The second-order valence-electron chi connectivity index (χ2n) is 5.36. The molecule has 0 bridgehead atoms. The van der Waals surface area contributed by atoms with Gasteiger partial charge < -0.3 is 15.5 Å². The number of rotatable bonds is 7. The maximum absolute atomic E-state index is 12.5. The molecule has 1 aromatic rings. The van der Waals surface area contributed by atoms with Gasteiger partial charge in [0.15, 0.2) is 11.7 Å². The SMILES string of the molecule is CCNC(=NCC(=O)N(C)CC(F)(F)F)NCCc1nc(C(F)(F)F)cs1.I. The molecule has 0 saturated heterocycles. The fourth-order valence-electron chi connectivity index (χ4n) is 1.81. The van der Waals surface area contributed by atoms with Gasteiger partial charge >= 0.3 is 12.4 Å². The van der Waals surface area contributed by atoms with E-state index >= 15 is 0 Å². The summed E-state index contributed by atoms with van der Waals surface area (Å²) in [4.78, 5) is 19.5. The predicted octanol–water partition coefficient (Wildman–Crippen LogP) is 2.90. The molecule has 28 heavy (non-hydrogen) atoms. The van der Waals surface area contributed by atoms with Crippen LogP contribution in [-0.2, 0) is 17.4 Å². The van der Waals surface area contributed by atoms with E-state index in [1.165, 1.54) is 0 Å². The first-order valence-corrected chi connectivity index (χ1v) is 8.65. The molecule has 0 saturated carbocycles. The topological polar surface area (TPSA) is 69.6 Å². The largest absolute Gasteiger partial charge is 0.434 e. The Labute approximate surface area is 178 Å². The Morgan fingerprint density at radius 3 is 2.39 bits per heavy atom. The number of hydrogen-bond donors (Lipinski definition) is 2. The number of thiazole rings is 1. The molecule has 2 N–H and O–H groups in total. The van der Waals surface area contributed by atoms with Gasteiger partial charge in [0.05, 0.1) is 5.01 Å². The predicted molar refractivity (Wildman–Crippen MR) is 104 cm³/mol. The molecule has 0 unspecified atom stereocenters. The Hall–Kier alpha value is -1.32. The van der Waals surface area contributed by atoms with Crippen LogP contribution >= 0.6 is 35.3 Å². The van der Waals surface area contributed by atoms with Crippen LogP contribution in [0.15, 0.2) is 10.4 Å². The second kappa shape index (κ2) is 11.6. The van der Waals surface area contributed by atoms with Crippen LogP contribution in [0, 0.1) is 0 Å². The number of nitrogens with one attached hydrogen (secondary N) is 2. The molecule has 0 fully saturated rings. The van der Waals surface area contributed by atoms with E-state index in [0.717, 1.165) is 23.8 Å². The van der Waals surface area contributed by atoms with Crippen molar-refractivity contribution in [3.05, 3.63) is 16.1 Å². The first kappa shape index (κ1) is 26.7. The lowest BCUT2D eigenvalue weighted by Gasteiger charge is -2.18. The van der Waals surface area contributed by atoms with E-state index in [0.29, 0.717) is 11.4 Å². The Kier molecular flexibility index (Phi) is 11.1. The molecular formula is C14H20F6IN5OS. The highest BCUT2D eigenvalue weighted by Crippen LogP contribution is 2.29. The number of nitrogens with zero attached hydrogens (tertiary/aromatic N) is 3. The van der Waals surface area contributed by atoms with Crippen molar-refractivity contribution in [3.8, 4) is 0 Å². The number of amides is 1. The number of halogens is 7. The Bertz CT molecular complexity index is 649. The minimum absolute atomic E-state index is 0. The number of aromatic nitrogens is 1. The van der Waals surface area contributed by atoms with Gasteiger partial charge in [0.25, 0.3) is 0 Å². The summed E-state index contributed by atoms with van der Waals surface area (Å²) in [5.74, 6) is -0.655. The molecule has 0 spiro atoms. The molecule has 0 aliphatic heterocycles. The lowest BCUT2D eigenvalue weighted by molar-refractivity contribution is -0.157. The van der Waals surface area contributed by atoms with Gasteiger partial charge in [-0.3, -0.25) is 4.79 Å². The summed E-state index contributed by atoms with van der Waals surface area (Å²) in [5, 5.41) is 6.77. The molecule has 0 aromatic carbocycles. The summed E-state index contributed by atoms with van der Waals surface area (Å²) < 4.78 is 74.2. The molecule has 162 valence electrons. The van der Waals surface area contributed by atoms with Crippen LogP contribution in [0.1, 0.15) is 17.6 Å². The van der Waals surface area contributed by atoms with Gasteiger partial charge in [0.2, 0.25) is 5.91 Å². The third kappa shape index (κ3) is 10.3. The lowest BCUT2D eigenvalue weighted by Crippen LogP contribution is -2.40. The van der Waals surface area contributed by atoms with E-state index < -0.39 is 37.0 Å². The number of guanidine groups is 1. The van der Waals surface area contributed by atoms with Crippen molar-refractivity contribution < 1.29 is 31.1 Å². The number of aliphatic imine (C=N–C) groups is 1. The number of alkyl halides is 6. The van der Waals surface area contributed by atoms with Crippen molar-refractivity contribution in [1.82, 2.24) is 20.5 Å². The van der Waals surface area contributed by atoms with E-state index in [4.69, 9.17) is 0 Å². The molecule has 1 amide bonds. The van der Waals surface area contributed by atoms with Crippen LogP contribution in [0.3, 0.4) is 0 Å². The summed E-state index contributed by atoms with van der Waals surface area (Å²) in [6.45, 7) is 0.469. The van der Waals surface area contributed by atoms with Crippen LogP contribution < -0.4 is 10.6 Å². The molecular weight excluding hydrogens is 527 g/mol. The zero-order valence-corrected chi connectivity index (χ0v) is 18.1. The van der Waals surface area contributed by atoms with Gasteiger partial charge in [0, 0.05) is 31.9 Å². The molecule has 6 nitrogen and oxygen atoms in total. The van der Waals surface area contributed by atoms with E-state index in [9.17, 15) is 31.1 Å². The van der Waals surface area contributed by atoms with E-state index in [1.807, 2.05) is 0 Å². The van der Waals surface area contributed by atoms with Crippen molar-refractivity contribution in [1.29, 1.82) is 0 Å². The van der Waals surface area contributed by atoms with Gasteiger partial charge in [-0.25, -0.2) is 9.98 Å². The maximum Gasteiger partial charge on any atom is 0.434 e. The average molecular weight is 547 g/mol. The summed E-state index contributed by atoms with van der Waals surface area (Å²) >= 11 is 0.870. The molecule has 1 rings (SSSR count). The summed E-state index contributed by atoms with van der Waals surface area (Å²) in [7, 11) is 1.02. The van der Waals surface area contributed by atoms with Gasteiger partial charge in [-0.1, -0.05) is 0 Å². The number of carbonyl (C=O) groups is 1. The smallest absolute Gasteiger partial charge is 0.357 e. The zero-order valence-electron chi connectivity index (χ0n) is 14.9. The van der Waals surface area contributed by atoms with Gasteiger partial charge in [-0.15, -0.1) is 35.3 Å². The summed E-state index contributed by atoms with van der Waals surface area (Å²) in [6.07, 6.45) is -8.81. The van der Waals surface area contributed by atoms with Crippen LogP contribution in [0.4, 0.5) is 26.3 Å². The first-order chi connectivity index (χ1) is 12.4. The second-order valence-corrected chi connectivity index (χ2v) is 6.30. The fraction of sp³-hybridized carbons (Fsp3) is 0.643. The molecule has 1 aromatic heterocycles. The minimum atomic E-state index is -4.50. The highest BCUT2D eigenvalue weighted by Gasteiger charge is 2.33. The average Bonchev–Trinajstić information content (AvgIpc) is 2.99. The monoisotopic (exact) mass is 547 g/mol. The third-order valence-corrected chi connectivity index (χ3v) is 3.94. The highest BCUT2D eigenvalue weighted by molar-refractivity contribution is 14.0. The van der Waals surface area contributed by atoms with Crippen molar-refractivity contribution in [2.75, 3.05) is 33.2 Å². The Morgan fingerprint density at radius 1 is 1.25 bits per heavy atom. The zero-order chi connectivity index (χ0) is 20.7. The number of carbonyl (C=O) groups excluding carboxylic acids is 1. The van der Waals surface area contributed by atoms with E-state index in [-0.39, 0.29) is 47.9 Å². The third-order valence-electron chi connectivity index (χ3n) is 3.03. The molecule has 0 aliphatic rings. The summed E-state index contributed by atoms with van der Waals surface area (Å²) in [5.41, 5.74) is -0.957. The van der Waals surface area contributed by atoms with Crippen molar-refractivity contribution in [3.63, 3.8) is 0 Å². The van der Waals surface area contributed by atoms with Gasteiger partial charge in [-0.2, -0.15) is 26.3 Å². The Morgan fingerprint density at radius 2 is 1.89 bits per heavy atom. The van der Waals surface area contributed by atoms with Crippen LogP contribution in [0.5, 0.6) is 0 Å². The van der Waals surface area contributed by atoms with Crippen molar-refractivity contribution in [2.45, 2.75) is 25.7 Å². The summed E-state index contributed by atoms with van der Waals surface area (Å²) in [6, 6.07) is 0. The van der Waals surface area contributed by atoms with Crippen molar-refractivity contribution in [2.24, 2.45) is 4.99 Å². The quantitative estimate of drug-likeness (QED) is 0.239. The molecule has 0 atom stereocenters. The normalized spacial score (nSPS) is 12.4. The fourth-order valence-corrected chi connectivity index (χ4v) is 2.61. The van der Waals surface area contributed by atoms with Gasteiger partial charge in [-0.05, 0) is 6.92 Å². The molecule has 14 heteroatoms. The molecule has 1 heterocycles. The Balaban J connectivity index is 0.00000729. The van der Waals surface area contributed by atoms with Crippen LogP contribution in [0.2, 0.25) is 0 Å². The maximum atomic E-state index is 12.5.